The molecule has 0 aliphatic heterocycles. The van der Waals surface area contributed by atoms with Crippen LogP contribution >= 0.6 is 23.5 Å². The van der Waals surface area contributed by atoms with Gasteiger partial charge < -0.3 is 10.1 Å². The van der Waals surface area contributed by atoms with Crippen LogP contribution in [0.2, 0.25) is 0 Å². The van der Waals surface area contributed by atoms with Crippen LogP contribution in [0.4, 0.5) is 5.13 Å². The zero-order valence-electron chi connectivity index (χ0n) is 14.5. The first-order chi connectivity index (χ1) is 12.1. The van der Waals surface area contributed by atoms with Gasteiger partial charge in [0.2, 0.25) is 5.91 Å². The van der Waals surface area contributed by atoms with Crippen LogP contribution in [0.5, 0.6) is 5.75 Å². The minimum atomic E-state index is 0.0104. The van der Waals surface area contributed by atoms with Crippen molar-refractivity contribution in [2.45, 2.75) is 32.6 Å². The van der Waals surface area contributed by atoms with Crippen molar-refractivity contribution in [1.82, 2.24) is 9.71 Å². The molecule has 136 valence electrons. The van der Waals surface area contributed by atoms with Crippen molar-refractivity contribution in [2.24, 2.45) is 5.14 Å². The Kier molecular flexibility index (Phi) is 8.20. The van der Waals surface area contributed by atoms with Crippen LogP contribution in [0, 0.1) is 6.92 Å². The largest absolute Gasteiger partial charge is 0.497 e. The molecule has 2 rings (SSSR count). The number of unbranched alkanes of at least 4 members (excludes halogenated alkanes) is 2. The Bertz CT molecular complexity index is 674. The number of nitrogens with zero attached hydrogens (tertiary/aromatic N) is 1. The van der Waals surface area contributed by atoms with E-state index in [1.54, 1.807) is 7.11 Å². The van der Waals surface area contributed by atoms with Gasteiger partial charge in [-0.3, -0.25) is 14.7 Å². The molecule has 0 saturated carbocycles. The zero-order chi connectivity index (χ0) is 18.1. The molecule has 0 bridgehead atoms. The summed E-state index contributed by atoms with van der Waals surface area (Å²) in [4.78, 5) is 17.7. The fourth-order valence-corrected chi connectivity index (χ4v) is 3.48. The molecule has 0 spiro atoms. The number of rotatable bonds is 10. The molecular formula is C17H24N4O2S2. The summed E-state index contributed by atoms with van der Waals surface area (Å²) < 4.78 is 8.16. The Morgan fingerprint density at radius 1 is 1.28 bits per heavy atom. The van der Waals surface area contributed by atoms with Gasteiger partial charge in [-0.05, 0) is 44.0 Å². The van der Waals surface area contributed by atoms with E-state index in [4.69, 9.17) is 9.88 Å². The van der Waals surface area contributed by atoms with Crippen LogP contribution < -0.4 is 19.9 Å². The van der Waals surface area contributed by atoms with Gasteiger partial charge in [0, 0.05) is 35.5 Å². The number of hydrogen-bond donors (Lipinski definition) is 3. The Labute approximate surface area is 156 Å². The Balaban J connectivity index is 1.85. The standard InChI is InChI=1S/C17H24N4O2S2/c1-12-16(13-7-9-14(23-2)10-8-13)21-17(24-12)20-15(22)6-4-3-5-11-19-25-18/h7-10,19H,3-6,11,18H2,1-2H3,(H,20,21,22). The number of carbonyl (C=O) groups excluding carboxylic acids is 1. The number of anilines is 1. The van der Waals surface area contributed by atoms with Crippen molar-refractivity contribution in [3.05, 3.63) is 29.1 Å². The third kappa shape index (κ3) is 6.32. The Morgan fingerprint density at radius 3 is 2.72 bits per heavy atom. The first-order valence-electron chi connectivity index (χ1n) is 8.14. The lowest BCUT2D eigenvalue weighted by Crippen LogP contribution is -2.12. The highest BCUT2D eigenvalue weighted by atomic mass is 32.2. The topological polar surface area (TPSA) is 89.3 Å². The number of nitrogens with two attached hydrogens (primary N) is 1. The second-order valence-corrected chi connectivity index (χ2v) is 7.25. The average molecular weight is 381 g/mol. The van der Waals surface area contributed by atoms with Crippen molar-refractivity contribution < 1.29 is 9.53 Å². The van der Waals surface area contributed by atoms with Crippen LogP contribution in [0.1, 0.15) is 30.6 Å². The SMILES string of the molecule is COc1ccc(-c2nc(NC(=O)CCCCCNSN)sc2C)cc1. The number of benzene rings is 1. The third-order valence-corrected chi connectivity index (χ3v) is 4.93. The van der Waals surface area contributed by atoms with E-state index >= 15 is 0 Å². The minimum absolute atomic E-state index is 0.0104. The molecule has 1 amide bonds. The Morgan fingerprint density at radius 2 is 2.04 bits per heavy atom. The van der Waals surface area contributed by atoms with Crippen molar-refractivity contribution >= 4 is 34.5 Å². The highest BCUT2D eigenvalue weighted by molar-refractivity contribution is 7.95. The van der Waals surface area contributed by atoms with Crippen molar-refractivity contribution in [3.8, 4) is 17.0 Å². The number of aryl methyl sites for hydroxylation is 1. The fourth-order valence-electron chi connectivity index (χ4n) is 2.37. The van der Waals surface area contributed by atoms with E-state index < -0.39 is 0 Å². The number of thiazole rings is 1. The van der Waals surface area contributed by atoms with Crippen LogP contribution in [0.3, 0.4) is 0 Å². The first kappa shape index (κ1) is 19.7. The van der Waals surface area contributed by atoms with E-state index in [9.17, 15) is 4.79 Å². The van der Waals surface area contributed by atoms with Gasteiger partial charge in [0.1, 0.15) is 5.75 Å². The second-order valence-electron chi connectivity index (χ2n) is 5.52. The van der Waals surface area contributed by atoms with E-state index in [2.05, 4.69) is 15.0 Å². The average Bonchev–Trinajstić information content (AvgIpc) is 2.98. The van der Waals surface area contributed by atoms with Gasteiger partial charge in [-0.2, -0.15) is 0 Å². The molecule has 4 N–H and O–H groups in total. The fraction of sp³-hybridized carbons (Fsp3) is 0.412. The summed E-state index contributed by atoms with van der Waals surface area (Å²) in [6.07, 6.45) is 3.37. The summed E-state index contributed by atoms with van der Waals surface area (Å²) in [5.41, 5.74) is 1.91. The van der Waals surface area contributed by atoms with Gasteiger partial charge in [0.25, 0.3) is 0 Å². The summed E-state index contributed by atoms with van der Waals surface area (Å²) in [6.45, 7) is 2.87. The van der Waals surface area contributed by atoms with Crippen LogP contribution in [0.25, 0.3) is 11.3 Å². The van der Waals surface area contributed by atoms with Crippen molar-refractivity contribution in [1.29, 1.82) is 0 Å². The molecule has 0 aliphatic rings. The van der Waals surface area contributed by atoms with Gasteiger partial charge in [-0.1, -0.05) is 6.42 Å². The molecule has 0 aliphatic carbocycles. The number of nitrogens with one attached hydrogen (secondary N) is 2. The van der Waals surface area contributed by atoms with Gasteiger partial charge in [-0.15, -0.1) is 11.3 Å². The van der Waals surface area contributed by atoms with E-state index in [0.29, 0.717) is 11.6 Å². The van der Waals surface area contributed by atoms with Crippen LogP contribution in [0.15, 0.2) is 24.3 Å². The predicted octanol–water partition coefficient (Wildman–Crippen LogP) is 3.74. The molecule has 25 heavy (non-hydrogen) atoms. The van der Waals surface area contributed by atoms with Gasteiger partial charge in [0.15, 0.2) is 5.13 Å². The van der Waals surface area contributed by atoms with Crippen LogP contribution in [-0.2, 0) is 4.79 Å². The quantitative estimate of drug-likeness (QED) is 0.430. The zero-order valence-corrected chi connectivity index (χ0v) is 16.1. The van der Waals surface area contributed by atoms with Crippen LogP contribution in [-0.4, -0.2) is 24.5 Å². The first-order valence-corrected chi connectivity index (χ1v) is 9.84. The number of methoxy groups -OCH3 is 1. The number of aromatic nitrogens is 1. The maximum Gasteiger partial charge on any atom is 0.226 e. The second kappa shape index (κ2) is 10.4. The number of hydrogen-bond acceptors (Lipinski definition) is 7. The maximum absolute atomic E-state index is 12.0. The predicted molar refractivity (Wildman–Crippen MR) is 106 cm³/mol. The lowest BCUT2D eigenvalue weighted by atomic mass is 10.1. The summed E-state index contributed by atoms with van der Waals surface area (Å²) in [5.74, 6) is 0.821. The third-order valence-electron chi connectivity index (χ3n) is 3.67. The lowest BCUT2D eigenvalue weighted by Gasteiger charge is -2.03. The number of amides is 1. The van der Waals surface area contributed by atoms with Gasteiger partial charge in [-0.25, -0.2) is 4.98 Å². The van der Waals surface area contributed by atoms with Crippen molar-refractivity contribution in [3.63, 3.8) is 0 Å². The molecule has 0 fully saturated rings. The molecule has 8 heteroatoms. The minimum Gasteiger partial charge on any atom is -0.497 e. The summed E-state index contributed by atoms with van der Waals surface area (Å²) in [6, 6.07) is 7.76. The maximum atomic E-state index is 12.0. The smallest absolute Gasteiger partial charge is 0.226 e. The highest BCUT2D eigenvalue weighted by Gasteiger charge is 2.12. The Hall–Kier alpha value is -1.61. The van der Waals surface area contributed by atoms with Gasteiger partial charge in [0.05, 0.1) is 12.8 Å². The normalized spacial score (nSPS) is 10.7. The van der Waals surface area contributed by atoms with E-state index in [1.807, 2.05) is 31.2 Å². The highest BCUT2D eigenvalue weighted by Crippen LogP contribution is 2.31. The van der Waals surface area contributed by atoms with Gasteiger partial charge >= 0.3 is 0 Å². The molecular weight excluding hydrogens is 356 g/mol. The molecule has 6 nitrogen and oxygen atoms in total. The van der Waals surface area contributed by atoms with E-state index in [-0.39, 0.29) is 5.91 Å². The molecule has 0 atom stereocenters. The molecule has 1 aromatic heterocycles. The van der Waals surface area contributed by atoms with E-state index in [0.717, 1.165) is 59.8 Å². The molecule has 2 aromatic rings. The lowest BCUT2D eigenvalue weighted by molar-refractivity contribution is -0.116. The molecule has 1 heterocycles. The summed E-state index contributed by atoms with van der Waals surface area (Å²) in [7, 11) is 1.64. The molecule has 0 saturated heterocycles. The van der Waals surface area contributed by atoms with Crippen molar-refractivity contribution in [2.75, 3.05) is 19.0 Å². The number of ether oxygens (including phenoxy) is 1. The molecule has 1 aromatic carbocycles. The van der Waals surface area contributed by atoms with E-state index in [1.165, 1.54) is 11.3 Å². The molecule has 0 radical (unpaired) electrons. The molecule has 0 unspecified atom stereocenters. The summed E-state index contributed by atoms with van der Waals surface area (Å²) in [5, 5.41) is 8.83. The monoisotopic (exact) mass is 380 g/mol. The summed E-state index contributed by atoms with van der Waals surface area (Å²) >= 11 is 2.63. The number of carbonyl (C=O) groups is 1.